The smallest absolute Gasteiger partial charge is 0.410 e. The fraction of sp³-hybridized carbons (Fsp3) is 0.567. The molecule has 0 unspecified atom stereocenters. The number of carbonyl (C=O) groups is 2. The van der Waals surface area contributed by atoms with Crippen LogP contribution < -0.4 is 4.90 Å². The first-order valence-corrected chi connectivity index (χ1v) is 15.7. The largest absolute Gasteiger partial charge is 0.508 e. The molecule has 0 atom stereocenters. The van der Waals surface area contributed by atoms with Gasteiger partial charge in [-0.25, -0.2) is 13.2 Å². The normalized spacial score (nSPS) is 14.6. The highest BCUT2D eigenvalue weighted by atomic mass is 32.2. The van der Waals surface area contributed by atoms with Gasteiger partial charge in [-0.3, -0.25) is 14.7 Å². The molecule has 0 radical (unpaired) electrons. The summed E-state index contributed by atoms with van der Waals surface area (Å²) in [6.07, 6.45) is 4.76. The summed E-state index contributed by atoms with van der Waals surface area (Å²) >= 11 is 0. The minimum Gasteiger partial charge on any atom is -0.508 e. The van der Waals surface area contributed by atoms with Crippen molar-refractivity contribution in [3.8, 4) is 5.75 Å². The molecule has 1 saturated heterocycles. The number of carbonyl (C=O) groups excluding carboxylic acids is 2. The fourth-order valence-electron chi connectivity index (χ4n) is 5.13. The van der Waals surface area contributed by atoms with Crippen LogP contribution in [0, 0.1) is 19.8 Å². The van der Waals surface area contributed by atoms with E-state index in [1.165, 1.54) is 24.1 Å². The van der Waals surface area contributed by atoms with Gasteiger partial charge in [0.05, 0.1) is 4.90 Å². The third-order valence-electron chi connectivity index (χ3n) is 7.38. The molecule has 1 fully saturated rings. The number of hydrogen-bond donors (Lipinski definition) is 1. The van der Waals surface area contributed by atoms with Gasteiger partial charge in [-0.1, -0.05) is 0 Å². The van der Waals surface area contributed by atoms with Crippen LogP contribution in [0.5, 0.6) is 5.75 Å². The molecule has 1 N–H and O–H groups in total. The lowest BCUT2D eigenvalue weighted by atomic mass is 9.96. The van der Waals surface area contributed by atoms with Gasteiger partial charge in [0.15, 0.2) is 0 Å². The van der Waals surface area contributed by atoms with Crippen LogP contribution in [0.3, 0.4) is 0 Å². The maximum Gasteiger partial charge on any atom is 0.410 e. The number of aromatic hydroxyl groups is 1. The summed E-state index contributed by atoms with van der Waals surface area (Å²) < 4.78 is 33.5. The van der Waals surface area contributed by atoms with E-state index >= 15 is 0 Å². The molecular weight excluding hydrogens is 558 g/mol. The van der Waals surface area contributed by atoms with E-state index in [4.69, 9.17) is 4.74 Å². The van der Waals surface area contributed by atoms with E-state index in [1.807, 2.05) is 12.1 Å². The van der Waals surface area contributed by atoms with Crippen molar-refractivity contribution >= 4 is 27.7 Å². The quantitative estimate of drug-likeness (QED) is 0.437. The Kier molecular flexibility index (Phi) is 10.8. The van der Waals surface area contributed by atoms with E-state index in [1.54, 1.807) is 59.0 Å². The van der Waals surface area contributed by atoms with Gasteiger partial charge in [0.25, 0.3) is 0 Å². The second kappa shape index (κ2) is 13.7. The summed E-state index contributed by atoms with van der Waals surface area (Å²) in [5.41, 5.74) is 1.20. The number of phenolic OH excluding ortho intramolecular Hbond substituents is 1. The zero-order chi connectivity index (χ0) is 31.2. The van der Waals surface area contributed by atoms with Crippen LogP contribution in [-0.4, -0.2) is 104 Å². The fourth-order valence-corrected chi connectivity index (χ4v) is 6.70. The number of likely N-dealkylation sites (N-methyl/N-ethyl adjacent to an activating group) is 2. The van der Waals surface area contributed by atoms with Crippen molar-refractivity contribution < 1.29 is 27.9 Å². The molecular formula is C30H45N5O6S. The van der Waals surface area contributed by atoms with Gasteiger partial charge in [-0.05, 0) is 88.8 Å². The minimum atomic E-state index is -3.92. The van der Waals surface area contributed by atoms with E-state index in [0.717, 1.165) is 35.9 Å². The highest BCUT2D eigenvalue weighted by Gasteiger charge is 2.30. The Bertz CT molecular complexity index is 1310. The molecule has 2 amide bonds. The maximum absolute atomic E-state index is 13.4. The second-order valence-corrected chi connectivity index (χ2v) is 14.0. The Morgan fingerprint density at radius 1 is 1.05 bits per heavy atom. The number of ether oxygens (including phenoxy) is 1. The molecule has 232 valence electrons. The van der Waals surface area contributed by atoms with Gasteiger partial charge in [0.1, 0.15) is 17.9 Å². The summed E-state index contributed by atoms with van der Waals surface area (Å²) in [7, 11) is -0.756. The lowest BCUT2D eigenvalue weighted by Crippen LogP contribution is -2.48. The monoisotopic (exact) mass is 603 g/mol. The second-order valence-electron chi connectivity index (χ2n) is 12.0. The zero-order valence-electron chi connectivity index (χ0n) is 25.8. The summed E-state index contributed by atoms with van der Waals surface area (Å²) in [6, 6.07) is 6.80. The number of anilines is 1. The predicted octanol–water partition coefficient (Wildman–Crippen LogP) is 3.64. The molecule has 1 aromatic heterocycles. The number of hydrogen-bond acceptors (Lipinski definition) is 8. The van der Waals surface area contributed by atoms with Crippen molar-refractivity contribution in [1.82, 2.24) is 19.1 Å². The number of aryl methyl sites for hydroxylation is 2. The number of rotatable bonds is 10. The van der Waals surface area contributed by atoms with Gasteiger partial charge in [-0.15, -0.1) is 0 Å². The Hall–Kier alpha value is -3.38. The van der Waals surface area contributed by atoms with Gasteiger partial charge in [-0.2, -0.15) is 4.31 Å². The molecule has 2 aromatic rings. The van der Waals surface area contributed by atoms with Crippen LogP contribution in [0.25, 0.3) is 0 Å². The number of benzene rings is 1. The van der Waals surface area contributed by atoms with E-state index in [2.05, 4.69) is 9.88 Å². The molecule has 0 bridgehead atoms. The van der Waals surface area contributed by atoms with Crippen LogP contribution in [-0.2, 0) is 19.6 Å². The Morgan fingerprint density at radius 2 is 1.62 bits per heavy atom. The van der Waals surface area contributed by atoms with Gasteiger partial charge < -0.3 is 19.6 Å². The Morgan fingerprint density at radius 3 is 2.17 bits per heavy atom. The number of nitrogens with zero attached hydrogens (tertiary/aromatic N) is 5. The zero-order valence-corrected chi connectivity index (χ0v) is 26.6. The van der Waals surface area contributed by atoms with Crippen molar-refractivity contribution in [2.45, 2.75) is 58.0 Å². The first kappa shape index (κ1) is 33.1. The third-order valence-corrected chi connectivity index (χ3v) is 9.54. The van der Waals surface area contributed by atoms with Gasteiger partial charge >= 0.3 is 6.09 Å². The molecule has 12 heteroatoms. The van der Waals surface area contributed by atoms with Crippen molar-refractivity contribution in [2.24, 2.45) is 5.92 Å². The van der Waals surface area contributed by atoms with Crippen molar-refractivity contribution in [3.05, 3.63) is 47.8 Å². The molecule has 42 heavy (non-hydrogen) atoms. The number of sulfonamides is 1. The molecule has 1 aliphatic rings. The molecule has 0 spiro atoms. The number of piperidine rings is 1. The van der Waals surface area contributed by atoms with Crippen LogP contribution in [0.1, 0.15) is 44.7 Å². The van der Waals surface area contributed by atoms with Gasteiger partial charge in [0, 0.05) is 64.9 Å². The molecule has 3 rings (SSSR count). The predicted molar refractivity (Wildman–Crippen MR) is 162 cm³/mol. The molecule has 0 aliphatic carbocycles. The summed E-state index contributed by atoms with van der Waals surface area (Å²) in [5, 5.41) is 9.84. The van der Waals surface area contributed by atoms with Crippen molar-refractivity contribution in [3.63, 3.8) is 0 Å². The van der Waals surface area contributed by atoms with Crippen LogP contribution in [0.4, 0.5) is 10.5 Å². The number of amides is 2. The molecule has 2 heterocycles. The topological polar surface area (TPSA) is 124 Å². The minimum absolute atomic E-state index is 0.00960. The summed E-state index contributed by atoms with van der Waals surface area (Å²) in [6.45, 7) is 10.5. The summed E-state index contributed by atoms with van der Waals surface area (Å²) in [5.74, 6) is 0.0814. The standard InChI is InChI=1S/C30H45N5O6S/c1-22-18-26(36)19-23(2)28(22)42(39,40)33(7)16-17-35(29(38)41-30(3,4)5)21-27(37)32(6)20-24-10-14-34(15-11-24)25-8-12-31-13-9-25/h8-9,12-13,18-19,24,36H,10-11,14-17,20-21H2,1-7H3. The lowest BCUT2D eigenvalue weighted by Gasteiger charge is -2.35. The number of aromatic nitrogens is 1. The molecule has 11 nitrogen and oxygen atoms in total. The lowest BCUT2D eigenvalue weighted by molar-refractivity contribution is -0.131. The Balaban J connectivity index is 1.64. The SMILES string of the molecule is Cc1cc(O)cc(C)c1S(=O)(=O)N(C)CCN(CC(=O)N(C)CC1CCN(c2ccncc2)CC1)C(=O)OC(C)(C)C. The van der Waals surface area contributed by atoms with Crippen LogP contribution in [0.15, 0.2) is 41.6 Å². The number of pyridine rings is 1. The van der Waals surface area contributed by atoms with E-state index in [0.29, 0.717) is 23.6 Å². The highest BCUT2D eigenvalue weighted by Crippen LogP contribution is 2.27. The van der Waals surface area contributed by atoms with Crippen molar-refractivity contribution in [1.29, 1.82) is 0 Å². The average molecular weight is 604 g/mol. The summed E-state index contributed by atoms with van der Waals surface area (Å²) in [4.78, 5) is 35.8. The Labute approximate surface area is 250 Å². The first-order valence-electron chi connectivity index (χ1n) is 14.2. The average Bonchev–Trinajstić information content (AvgIpc) is 2.89. The highest BCUT2D eigenvalue weighted by molar-refractivity contribution is 7.89. The van der Waals surface area contributed by atoms with Crippen LogP contribution >= 0.6 is 0 Å². The molecule has 0 saturated carbocycles. The molecule has 1 aliphatic heterocycles. The van der Waals surface area contributed by atoms with E-state index in [-0.39, 0.29) is 36.2 Å². The number of phenols is 1. The van der Waals surface area contributed by atoms with E-state index < -0.39 is 21.7 Å². The van der Waals surface area contributed by atoms with Crippen LogP contribution in [0.2, 0.25) is 0 Å². The maximum atomic E-state index is 13.4. The van der Waals surface area contributed by atoms with Gasteiger partial charge in [0.2, 0.25) is 15.9 Å². The molecule has 1 aromatic carbocycles. The van der Waals surface area contributed by atoms with Crippen molar-refractivity contribution in [2.75, 3.05) is 58.3 Å². The third kappa shape index (κ3) is 8.81. The first-order chi connectivity index (χ1) is 19.6. The van der Waals surface area contributed by atoms with E-state index in [9.17, 15) is 23.1 Å².